The first-order chi connectivity index (χ1) is 9.79. The summed E-state index contributed by atoms with van der Waals surface area (Å²) in [6.07, 6.45) is 9.17. The summed E-state index contributed by atoms with van der Waals surface area (Å²) in [6.45, 7) is 4.10. The van der Waals surface area contributed by atoms with Gasteiger partial charge in [0.1, 0.15) is 12.4 Å². The second-order valence-electron chi connectivity index (χ2n) is 5.05. The zero-order chi connectivity index (χ0) is 13.9. The molecule has 2 aromatic heterocycles. The highest BCUT2D eigenvalue weighted by Gasteiger charge is 2.29. The van der Waals surface area contributed by atoms with Gasteiger partial charge in [-0.25, -0.2) is 4.98 Å². The number of aryl methyl sites for hydroxylation is 1. The number of carbonyl (C=O) groups excluding carboxylic acids is 1. The Balaban J connectivity index is 1.82. The molecule has 1 unspecified atom stereocenters. The van der Waals surface area contributed by atoms with Crippen LogP contribution in [-0.4, -0.2) is 36.7 Å². The first-order valence-electron chi connectivity index (χ1n) is 7.07. The molecule has 20 heavy (non-hydrogen) atoms. The lowest BCUT2D eigenvalue weighted by Gasteiger charge is -2.28. The lowest BCUT2D eigenvalue weighted by atomic mass is 10.1. The predicted octanol–water partition coefficient (Wildman–Crippen LogP) is 1.46. The molecule has 6 heteroatoms. The highest BCUT2D eigenvalue weighted by molar-refractivity contribution is 5.76. The standard InChI is InChI=1S/C14H19N5O/c1-2-12-14-15-6-10-17(14)7-4-9-19(12)13(20)11-18-8-3-5-16-18/h3,5-6,8,10,12H,2,4,7,9,11H2,1H3. The second kappa shape index (κ2) is 5.48. The Bertz CT molecular complexity index is 574. The summed E-state index contributed by atoms with van der Waals surface area (Å²) in [6, 6.07) is 1.90. The van der Waals surface area contributed by atoms with E-state index in [1.165, 1.54) is 0 Å². The Morgan fingerprint density at radius 1 is 1.35 bits per heavy atom. The maximum atomic E-state index is 12.5. The molecule has 0 N–H and O–H groups in total. The maximum Gasteiger partial charge on any atom is 0.244 e. The zero-order valence-corrected chi connectivity index (χ0v) is 11.6. The van der Waals surface area contributed by atoms with Crippen LogP contribution in [0, 0.1) is 0 Å². The number of imidazole rings is 1. The predicted molar refractivity (Wildman–Crippen MR) is 73.8 cm³/mol. The largest absolute Gasteiger partial charge is 0.333 e. The first-order valence-corrected chi connectivity index (χ1v) is 7.07. The van der Waals surface area contributed by atoms with Gasteiger partial charge in [-0.1, -0.05) is 6.92 Å². The Morgan fingerprint density at radius 2 is 2.25 bits per heavy atom. The summed E-state index contributed by atoms with van der Waals surface area (Å²) >= 11 is 0. The number of fused-ring (bicyclic) bond motifs is 1. The molecule has 0 bridgehead atoms. The molecule has 106 valence electrons. The Labute approximate surface area is 118 Å². The smallest absolute Gasteiger partial charge is 0.244 e. The molecule has 3 rings (SSSR count). The van der Waals surface area contributed by atoms with E-state index >= 15 is 0 Å². The minimum Gasteiger partial charge on any atom is -0.333 e. The van der Waals surface area contributed by atoms with Gasteiger partial charge in [0.15, 0.2) is 0 Å². The van der Waals surface area contributed by atoms with Crippen LogP contribution in [0.1, 0.15) is 31.6 Å². The van der Waals surface area contributed by atoms with E-state index in [0.29, 0.717) is 6.54 Å². The van der Waals surface area contributed by atoms with Crippen LogP contribution in [0.2, 0.25) is 0 Å². The maximum absolute atomic E-state index is 12.5. The van der Waals surface area contributed by atoms with Gasteiger partial charge >= 0.3 is 0 Å². The van der Waals surface area contributed by atoms with E-state index in [0.717, 1.165) is 31.8 Å². The molecule has 3 heterocycles. The minimum atomic E-state index is 0.0653. The second-order valence-corrected chi connectivity index (χ2v) is 5.05. The number of rotatable bonds is 3. The average molecular weight is 273 g/mol. The molecule has 0 saturated heterocycles. The van der Waals surface area contributed by atoms with Crippen LogP contribution in [0.15, 0.2) is 30.9 Å². The zero-order valence-electron chi connectivity index (χ0n) is 11.6. The van der Waals surface area contributed by atoms with Crippen LogP contribution in [0.4, 0.5) is 0 Å². The van der Waals surface area contributed by atoms with E-state index in [4.69, 9.17) is 0 Å². The Kier molecular flexibility index (Phi) is 3.54. The van der Waals surface area contributed by atoms with Crippen LogP contribution >= 0.6 is 0 Å². The third-order valence-corrected chi connectivity index (χ3v) is 3.78. The number of aromatic nitrogens is 4. The number of hydrogen-bond acceptors (Lipinski definition) is 3. The molecular formula is C14H19N5O. The topological polar surface area (TPSA) is 56.0 Å². The molecule has 2 aromatic rings. The SMILES string of the molecule is CCC1c2nccn2CCCN1C(=O)Cn1cccn1. The molecule has 1 atom stereocenters. The summed E-state index contributed by atoms with van der Waals surface area (Å²) in [5.74, 6) is 1.11. The Morgan fingerprint density at radius 3 is 3.00 bits per heavy atom. The van der Waals surface area contributed by atoms with E-state index in [9.17, 15) is 4.79 Å². The van der Waals surface area contributed by atoms with Gasteiger partial charge in [0.05, 0.1) is 6.04 Å². The van der Waals surface area contributed by atoms with Crippen LogP contribution in [-0.2, 0) is 17.9 Å². The summed E-state index contributed by atoms with van der Waals surface area (Å²) in [5.41, 5.74) is 0. The molecular weight excluding hydrogens is 254 g/mol. The fourth-order valence-corrected chi connectivity index (χ4v) is 2.84. The summed E-state index contributed by atoms with van der Waals surface area (Å²) in [7, 11) is 0. The fraction of sp³-hybridized carbons (Fsp3) is 0.500. The molecule has 0 saturated carbocycles. The summed E-state index contributed by atoms with van der Waals surface area (Å²) < 4.78 is 3.84. The lowest BCUT2D eigenvalue weighted by molar-refractivity contribution is -0.134. The van der Waals surface area contributed by atoms with Gasteiger partial charge in [0.2, 0.25) is 5.91 Å². The van der Waals surface area contributed by atoms with E-state index in [1.54, 1.807) is 10.9 Å². The van der Waals surface area contributed by atoms with Gasteiger partial charge in [-0.05, 0) is 18.9 Å². The quantitative estimate of drug-likeness (QED) is 0.850. The van der Waals surface area contributed by atoms with Crippen molar-refractivity contribution in [2.24, 2.45) is 0 Å². The van der Waals surface area contributed by atoms with Crippen LogP contribution in [0.3, 0.4) is 0 Å². The van der Waals surface area contributed by atoms with E-state index in [2.05, 4.69) is 21.6 Å². The highest BCUT2D eigenvalue weighted by Crippen LogP contribution is 2.26. The van der Waals surface area contributed by atoms with Gasteiger partial charge in [-0.2, -0.15) is 5.10 Å². The third kappa shape index (κ3) is 2.33. The van der Waals surface area contributed by atoms with Gasteiger partial charge in [0.25, 0.3) is 0 Å². The van der Waals surface area contributed by atoms with Crippen molar-refractivity contribution in [1.82, 2.24) is 24.2 Å². The molecule has 0 fully saturated rings. The molecule has 0 radical (unpaired) electrons. The van der Waals surface area contributed by atoms with E-state index in [-0.39, 0.29) is 11.9 Å². The third-order valence-electron chi connectivity index (χ3n) is 3.78. The highest BCUT2D eigenvalue weighted by atomic mass is 16.2. The van der Waals surface area contributed by atoms with Crippen LogP contribution < -0.4 is 0 Å². The van der Waals surface area contributed by atoms with Crippen molar-refractivity contribution in [3.05, 3.63) is 36.7 Å². The number of nitrogens with zero attached hydrogens (tertiary/aromatic N) is 5. The van der Waals surface area contributed by atoms with Gasteiger partial charge < -0.3 is 9.47 Å². The minimum absolute atomic E-state index is 0.0653. The van der Waals surface area contributed by atoms with Crippen molar-refractivity contribution in [2.45, 2.75) is 38.9 Å². The van der Waals surface area contributed by atoms with Crippen molar-refractivity contribution < 1.29 is 4.79 Å². The summed E-state index contributed by atoms with van der Waals surface area (Å²) in [4.78, 5) is 18.9. The van der Waals surface area contributed by atoms with Crippen molar-refractivity contribution in [3.8, 4) is 0 Å². The molecule has 0 spiro atoms. The van der Waals surface area contributed by atoms with Gasteiger partial charge in [-0.15, -0.1) is 0 Å². The summed E-state index contributed by atoms with van der Waals surface area (Å²) in [5, 5.41) is 4.11. The molecule has 6 nitrogen and oxygen atoms in total. The normalized spacial score (nSPS) is 18.6. The molecule has 0 aliphatic carbocycles. The van der Waals surface area contributed by atoms with Crippen LogP contribution in [0.25, 0.3) is 0 Å². The first kappa shape index (κ1) is 12.9. The van der Waals surface area contributed by atoms with Crippen molar-refractivity contribution in [2.75, 3.05) is 6.54 Å². The van der Waals surface area contributed by atoms with Crippen LogP contribution in [0.5, 0.6) is 0 Å². The van der Waals surface area contributed by atoms with Crippen molar-refractivity contribution >= 4 is 5.91 Å². The van der Waals surface area contributed by atoms with E-state index in [1.807, 2.05) is 29.6 Å². The fourth-order valence-electron chi connectivity index (χ4n) is 2.84. The number of hydrogen-bond donors (Lipinski definition) is 0. The van der Waals surface area contributed by atoms with E-state index < -0.39 is 0 Å². The van der Waals surface area contributed by atoms with Crippen molar-refractivity contribution in [1.29, 1.82) is 0 Å². The number of amides is 1. The van der Waals surface area contributed by atoms with Gasteiger partial charge in [-0.3, -0.25) is 9.48 Å². The average Bonchev–Trinajstić information content (AvgIpc) is 3.07. The monoisotopic (exact) mass is 273 g/mol. The number of carbonyl (C=O) groups is 1. The van der Waals surface area contributed by atoms with Crippen molar-refractivity contribution in [3.63, 3.8) is 0 Å². The molecule has 1 aliphatic heterocycles. The lowest BCUT2D eigenvalue weighted by Crippen LogP contribution is -2.37. The molecule has 1 aliphatic rings. The van der Waals surface area contributed by atoms with Gasteiger partial charge in [0, 0.05) is 37.9 Å². The molecule has 1 amide bonds. The molecule has 0 aromatic carbocycles. The Hall–Kier alpha value is -2.11.